The number of nitrogens with one attached hydrogen (secondary N) is 1. The van der Waals surface area contributed by atoms with Gasteiger partial charge in [-0.3, -0.25) is 4.79 Å². The quantitative estimate of drug-likeness (QED) is 0.750. The van der Waals surface area contributed by atoms with Crippen molar-refractivity contribution >= 4 is 28.6 Å². The Kier molecular flexibility index (Phi) is 3.76. The van der Waals surface area contributed by atoms with E-state index in [1.54, 1.807) is 23.5 Å². The van der Waals surface area contributed by atoms with Gasteiger partial charge in [0.05, 0.1) is 11.6 Å². The van der Waals surface area contributed by atoms with Gasteiger partial charge in [0.25, 0.3) is 5.91 Å². The summed E-state index contributed by atoms with van der Waals surface area (Å²) in [5.74, 6) is -0.513. The predicted octanol–water partition coefficient (Wildman–Crippen LogP) is 2.91. The molecule has 5 heteroatoms. The van der Waals surface area contributed by atoms with Crippen molar-refractivity contribution in [3.05, 3.63) is 45.6 Å². The maximum absolute atomic E-state index is 11.2. The molecule has 0 aliphatic heterocycles. The van der Waals surface area contributed by atoms with Crippen LogP contribution in [0.25, 0.3) is 0 Å². The number of nitrogens with two attached hydrogens (primary N) is 2. The first-order chi connectivity index (χ1) is 8.97. The first-order valence-electron chi connectivity index (χ1n) is 5.99. The average Bonchev–Trinajstić information content (AvgIpc) is 2.78. The zero-order valence-corrected chi connectivity index (χ0v) is 11.8. The molecule has 1 aromatic carbocycles. The summed E-state index contributed by atoms with van der Waals surface area (Å²) in [5.41, 5.74) is 12.6. The standard InChI is InChI=1S/C14H17N3OS/c1-8-3-6-13(19-8)9(2)17-10-4-5-12(15)11(7-10)14(16)18/h3-7,9,17H,15H2,1-2H3,(H2,16,18). The summed E-state index contributed by atoms with van der Waals surface area (Å²) < 4.78 is 0. The van der Waals surface area contributed by atoms with Gasteiger partial charge < -0.3 is 16.8 Å². The number of benzene rings is 1. The second-order valence-electron chi connectivity index (χ2n) is 4.48. The van der Waals surface area contributed by atoms with Crippen molar-refractivity contribution in [2.24, 2.45) is 5.73 Å². The van der Waals surface area contributed by atoms with E-state index in [0.717, 1.165) is 5.69 Å². The fourth-order valence-electron chi connectivity index (χ4n) is 1.87. The summed E-state index contributed by atoms with van der Waals surface area (Å²) in [7, 11) is 0. The molecule has 2 aromatic rings. The van der Waals surface area contributed by atoms with Crippen molar-refractivity contribution in [3.63, 3.8) is 0 Å². The molecule has 1 atom stereocenters. The normalized spacial score (nSPS) is 12.1. The zero-order chi connectivity index (χ0) is 14.0. The summed E-state index contributed by atoms with van der Waals surface area (Å²) in [6.45, 7) is 4.15. The van der Waals surface area contributed by atoms with Gasteiger partial charge in [-0.05, 0) is 44.2 Å². The van der Waals surface area contributed by atoms with E-state index in [9.17, 15) is 4.79 Å². The molecule has 0 saturated heterocycles. The molecule has 5 N–H and O–H groups in total. The van der Waals surface area contributed by atoms with Gasteiger partial charge in [-0.25, -0.2) is 0 Å². The van der Waals surface area contributed by atoms with Crippen molar-refractivity contribution < 1.29 is 4.79 Å². The number of carbonyl (C=O) groups is 1. The van der Waals surface area contributed by atoms with Crippen LogP contribution in [0.5, 0.6) is 0 Å². The van der Waals surface area contributed by atoms with Crippen LogP contribution in [0.1, 0.15) is 33.1 Å². The minimum Gasteiger partial charge on any atom is -0.398 e. The van der Waals surface area contributed by atoms with E-state index in [0.29, 0.717) is 11.3 Å². The highest BCUT2D eigenvalue weighted by Crippen LogP contribution is 2.27. The summed E-state index contributed by atoms with van der Waals surface area (Å²) in [6, 6.07) is 9.59. The second-order valence-corrected chi connectivity index (χ2v) is 5.80. The van der Waals surface area contributed by atoms with Crippen molar-refractivity contribution in [1.82, 2.24) is 0 Å². The number of carbonyl (C=O) groups excluding carboxylic acids is 1. The molecular weight excluding hydrogens is 258 g/mol. The van der Waals surface area contributed by atoms with Crippen molar-refractivity contribution in [3.8, 4) is 0 Å². The Labute approximate surface area is 116 Å². The molecule has 0 aliphatic carbocycles. The number of rotatable bonds is 4. The smallest absolute Gasteiger partial charge is 0.250 e. The van der Waals surface area contributed by atoms with Crippen LogP contribution in [0, 0.1) is 6.92 Å². The lowest BCUT2D eigenvalue weighted by molar-refractivity contribution is 0.100. The third-order valence-electron chi connectivity index (χ3n) is 2.89. The zero-order valence-electron chi connectivity index (χ0n) is 10.9. The van der Waals surface area contributed by atoms with E-state index in [2.05, 4.69) is 31.3 Å². The Balaban J connectivity index is 2.19. The fourth-order valence-corrected chi connectivity index (χ4v) is 2.75. The summed E-state index contributed by atoms with van der Waals surface area (Å²) in [6.07, 6.45) is 0. The number of primary amides is 1. The molecule has 0 radical (unpaired) electrons. The van der Waals surface area contributed by atoms with E-state index in [1.165, 1.54) is 9.75 Å². The average molecular weight is 275 g/mol. The molecule has 19 heavy (non-hydrogen) atoms. The highest BCUT2D eigenvalue weighted by atomic mass is 32.1. The minimum atomic E-state index is -0.513. The van der Waals surface area contributed by atoms with E-state index < -0.39 is 5.91 Å². The number of amides is 1. The van der Waals surface area contributed by atoms with Gasteiger partial charge in [0, 0.05) is 21.1 Å². The third-order valence-corrected chi connectivity index (χ3v) is 4.07. The lowest BCUT2D eigenvalue weighted by Gasteiger charge is -2.15. The third kappa shape index (κ3) is 3.06. The van der Waals surface area contributed by atoms with Gasteiger partial charge in [-0.2, -0.15) is 0 Å². The first kappa shape index (κ1) is 13.4. The van der Waals surface area contributed by atoms with Crippen LogP contribution in [-0.2, 0) is 0 Å². The molecule has 0 spiro atoms. The Hall–Kier alpha value is -2.01. The number of hydrogen-bond acceptors (Lipinski definition) is 4. The van der Waals surface area contributed by atoms with Crippen LogP contribution in [0.2, 0.25) is 0 Å². The van der Waals surface area contributed by atoms with Crippen LogP contribution < -0.4 is 16.8 Å². The van der Waals surface area contributed by atoms with Crippen molar-refractivity contribution in [2.75, 3.05) is 11.1 Å². The molecule has 4 nitrogen and oxygen atoms in total. The van der Waals surface area contributed by atoms with Gasteiger partial charge in [0.15, 0.2) is 0 Å². The molecule has 0 aliphatic rings. The number of thiophene rings is 1. The van der Waals surface area contributed by atoms with Crippen LogP contribution >= 0.6 is 11.3 Å². The first-order valence-corrected chi connectivity index (χ1v) is 6.81. The Bertz CT molecular complexity index is 606. The molecule has 0 saturated carbocycles. The van der Waals surface area contributed by atoms with Gasteiger partial charge in [-0.1, -0.05) is 0 Å². The number of nitrogen functional groups attached to an aromatic ring is 1. The Morgan fingerprint density at radius 2 is 2.05 bits per heavy atom. The molecule has 0 bridgehead atoms. The van der Waals surface area contributed by atoms with Gasteiger partial charge >= 0.3 is 0 Å². The largest absolute Gasteiger partial charge is 0.398 e. The molecule has 1 amide bonds. The molecule has 1 aromatic heterocycles. The molecular formula is C14H17N3OS. The Morgan fingerprint density at radius 3 is 2.63 bits per heavy atom. The number of hydrogen-bond donors (Lipinski definition) is 3. The predicted molar refractivity (Wildman–Crippen MR) is 80.5 cm³/mol. The summed E-state index contributed by atoms with van der Waals surface area (Å²) >= 11 is 1.75. The van der Waals surface area contributed by atoms with Gasteiger partial charge in [-0.15, -0.1) is 11.3 Å². The lowest BCUT2D eigenvalue weighted by atomic mass is 10.1. The highest BCUT2D eigenvalue weighted by molar-refractivity contribution is 7.12. The monoisotopic (exact) mass is 275 g/mol. The van der Waals surface area contributed by atoms with E-state index in [1.807, 2.05) is 6.07 Å². The topological polar surface area (TPSA) is 81.1 Å². The molecule has 1 unspecified atom stereocenters. The lowest BCUT2D eigenvalue weighted by Crippen LogP contribution is -2.14. The molecule has 2 rings (SSSR count). The van der Waals surface area contributed by atoms with Crippen LogP contribution in [0.4, 0.5) is 11.4 Å². The van der Waals surface area contributed by atoms with Gasteiger partial charge in [0.1, 0.15) is 0 Å². The van der Waals surface area contributed by atoms with E-state index in [-0.39, 0.29) is 6.04 Å². The van der Waals surface area contributed by atoms with E-state index in [4.69, 9.17) is 11.5 Å². The number of anilines is 2. The molecule has 100 valence electrons. The van der Waals surface area contributed by atoms with Crippen molar-refractivity contribution in [2.45, 2.75) is 19.9 Å². The minimum absolute atomic E-state index is 0.169. The molecule has 1 heterocycles. The summed E-state index contributed by atoms with van der Waals surface area (Å²) in [5, 5.41) is 3.34. The van der Waals surface area contributed by atoms with Crippen LogP contribution in [-0.4, -0.2) is 5.91 Å². The fraction of sp³-hybridized carbons (Fsp3) is 0.214. The summed E-state index contributed by atoms with van der Waals surface area (Å²) in [4.78, 5) is 13.8. The van der Waals surface area contributed by atoms with Crippen LogP contribution in [0.3, 0.4) is 0 Å². The molecule has 0 fully saturated rings. The van der Waals surface area contributed by atoms with Gasteiger partial charge in [0.2, 0.25) is 0 Å². The van der Waals surface area contributed by atoms with E-state index >= 15 is 0 Å². The second kappa shape index (κ2) is 5.32. The van der Waals surface area contributed by atoms with Crippen molar-refractivity contribution in [1.29, 1.82) is 0 Å². The maximum atomic E-state index is 11.2. The van der Waals surface area contributed by atoms with Crippen LogP contribution in [0.15, 0.2) is 30.3 Å². The SMILES string of the molecule is Cc1ccc(C(C)Nc2ccc(N)c(C(N)=O)c2)s1. The number of aryl methyl sites for hydroxylation is 1. The highest BCUT2D eigenvalue weighted by Gasteiger charge is 2.10. The Morgan fingerprint density at radius 1 is 1.32 bits per heavy atom. The maximum Gasteiger partial charge on any atom is 0.250 e.